The van der Waals surface area contributed by atoms with E-state index < -0.39 is 0 Å². The van der Waals surface area contributed by atoms with E-state index in [0.717, 1.165) is 16.3 Å². The molecule has 1 unspecified atom stereocenters. The molecule has 0 aliphatic rings. The van der Waals surface area contributed by atoms with Gasteiger partial charge in [-0.15, -0.1) is 0 Å². The topological polar surface area (TPSA) is 20.3 Å². The third-order valence-electron chi connectivity index (χ3n) is 3.84. The Balaban J connectivity index is 2.33. The zero-order valence-corrected chi connectivity index (χ0v) is 13.4. The number of anilines is 1. The van der Waals surface area contributed by atoms with E-state index in [-0.39, 0.29) is 11.8 Å². The molecule has 0 fully saturated rings. The van der Waals surface area contributed by atoms with Crippen molar-refractivity contribution in [2.24, 2.45) is 0 Å². The summed E-state index contributed by atoms with van der Waals surface area (Å²) in [6.45, 7) is 4.01. The van der Waals surface area contributed by atoms with Crippen LogP contribution in [0.15, 0.2) is 48.5 Å². The number of hydrogen-bond donors (Lipinski definition) is 0. The molecule has 3 heteroatoms. The number of para-hydroxylation sites is 1. The number of nitrogens with zero attached hydrogens (tertiary/aromatic N) is 1. The van der Waals surface area contributed by atoms with E-state index in [4.69, 9.17) is 11.6 Å². The van der Waals surface area contributed by atoms with Crippen LogP contribution in [0.2, 0.25) is 5.02 Å². The number of hydrogen-bond acceptors (Lipinski definition) is 2. The van der Waals surface area contributed by atoms with Crippen LogP contribution in [-0.4, -0.2) is 12.8 Å². The molecule has 2 aromatic carbocycles. The van der Waals surface area contributed by atoms with Gasteiger partial charge in [0.15, 0.2) is 5.78 Å². The predicted octanol–water partition coefficient (Wildman–Crippen LogP) is 5.13. The average Bonchev–Trinajstić information content (AvgIpc) is 2.53. The molecule has 1 atom stereocenters. The Hall–Kier alpha value is -1.80. The van der Waals surface area contributed by atoms with E-state index in [1.807, 2.05) is 62.5 Å². The maximum absolute atomic E-state index is 12.1. The largest absolute Gasteiger partial charge is 0.367 e. The van der Waals surface area contributed by atoms with Crippen molar-refractivity contribution < 1.29 is 4.79 Å². The molecule has 2 nitrogen and oxygen atoms in total. The van der Waals surface area contributed by atoms with Crippen molar-refractivity contribution in [1.82, 2.24) is 0 Å². The second-order valence-electron chi connectivity index (χ2n) is 5.13. The van der Waals surface area contributed by atoms with E-state index in [9.17, 15) is 4.79 Å². The monoisotopic (exact) mass is 301 g/mol. The van der Waals surface area contributed by atoms with Crippen molar-refractivity contribution in [3.8, 4) is 0 Å². The standard InChI is InChI=1S/C18H20ClNO/c1-4-18(21)16-7-5-6-8-17(16)20(3)13(2)14-9-11-15(19)12-10-14/h5-13H,4H2,1-3H3. The van der Waals surface area contributed by atoms with Crippen LogP contribution in [0.1, 0.15) is 42.2 Å². The predicted molar refractivity (Wildman–Crippen MR) is 89.3 cm³/mol. The molecule has 0 radical (unpaired) electrons. The van der Waals surface area contributed by atoms with Gasteiger partial charge in [0.2, 0.25) is 0 Å². The number of halogens is 1. The van der Waals surface area contributed by atoms with Gasteiger partial charge >= 0.3 is 0 Å². The van der Waals surface area contributed by atoms with Crippen LogP contribution < -0.4 is 4.90 Å². The van der Waals surface area contributed by atoms with Crippen LogP contribution in [-0.2, 0) is 0 Å². The van der Waals surface area contributed by atoms with Crippen LogP contribution in [0, 0.1) is 0 Å². The molecule has 0 spiro atoms. The van der Waals surface area contributed by atoms with E-state index in [2.05, 4.69) is 11.8 Å². The number of Topliss-reactive ketones (excluding diaryl/α,β-unsaturated/α-hetero) is 1. The van der Waals surface area contributed by atoms with Gasteiger partial charge in [0, 0.05) is 29.7 Å². The number of benzene rings is 2. The maximum atomic E-state index is 12.1. The zero-order chi connectivity index (χ0) is 15.4. The van der Waals surface area contributed by atoms with Crippen LogP contribution in [0.4, 0.5) is 5.69 Å². The van der Waals surface area contributed by atoms with Gasteiger partial charge in [-0.1, -0.05) is 42.8 Å². The molecular weight excluding hydrogens is 282 g/mol. The fourth-order valence-electron chi connectivity index (χ4n) is 2.38. The summed E-state index contributed by atoms with van der Waals surface area (Å²) < 4.78 is 0. The minimum atomic E-state index is 0.160. The molecule has 0 aromatic heterocycles. The SMILES string of the molecule is CCC(=O)c1ccccc1N(C)C(C)c1ccc(Cl)cc1. The van der Waals surface area contributed by atoms with Gasteiger partial charge in [-0.25, -0.2) is 0 Å². The molecule has 0 aliphatic carbocycles. The van der Waals surface area contributed by atoms with Gasteiger partial charge < -0.3 is 4.90 Å². The van der Waals surface area contributed by atoms with E-state index >= 15 is 0 Å². The lowest BCUT2D eigenvalue weighted by molar-refractivity contribution is 0.0988. The lowest BCUT2D eigenvalue weighted by Gasteiger charge is -2.29. The quantitative estimate of drug-likeness (QED) is 0.714. The Labute approximate surface area is 131 Å². The van der Waals surface area contributed by atoms with E-state index in [1.165, 1.54) is 5.56 Å². The highest BCUT2D eigenvalue weighted by molar-refractivity contribution is 6.30. The third kappa shape index (κ3) is 3.45. The van der Waals surface area contributed by atoms with E-state index in [1.54, 1.807) is 0 Å². The zero-order valence-electron chi connectivity index (χ0n) is 12.6. The Morgan fingerprint density at radius 2 is 1.76 bits per heavy atom. The van der Waals surface area contributed by atoms with Gasteiger partial charge in [0.25, 0.3) is 0 Å². The lowest BCUT2D eigenvalue weighted by Crippen LogP contribution is -2.23. The van der Waals surface area contributed by atoms with Gasteiger partial charge in [-0.2, -0.15) is 0 Å². The van der Waals surface area contributed by atoms with Crippen molar-refractivity contribution in [3.63, 3.8) is 0 Å². The molecule has 2 aromatic rings. The Morgan fingerprint density at radius 3 is 2.38 bits per heavy atom. The summed E-state index contributed by atoms with van der Waals surface area (Å²) in [5, 5.41) is 0.732. The summed E-state index contributed by atoms with van der Waals surface area (Å²) in [6, 6.07) is 15.8. The van der Waals surface area contributed by atoms with Crippen molar-refractivity contribution in [2.75, 3.05) is 11.9 Å². The molecule has 21 heavy (non-hydrogen) atoms. The summed E-state index contributed by atoms with van der Waals surface area (Å²) >= 11 is 5.94. The van der Waals surface area contributed by atoms with Crippen molar-refractivity contribution in [3.05, 3.63) is 64.7 Å². The minimum Gasteiger partial charge on any atom is -0.367 e. The van der Waals surface area contributed by atoms with Gasteiger partial charge in [-0.3, -0.25) is 4.79 Å². The molecule has 0 N–H and O–H groups in total. The first-order chi connectivity index (χ1) is 10.0. The van der Waals surface area contributed by atoms with Crippen LogP contribution in [0.5, 0.6) is 0 Å². The van der Waals surface area contributed by atoms with E-state index in [0.29, 0.717) is 6.42 Å². The summed E-state index contributed by atoms with van der Waals surface area (Å²) in [5.74, 6) is 0.167. The summed E-state index contributed by atoms with van der Waals surface area (Å²) in [4.78, 5) is 14.2. The van der Waals surface area contributed by atoms with Crippen molar-refractivity contribution in [2.45, 2.75) is 26.3 Å². The first-order valence-electron chi connectivity index (χ1n) is 7.15. The fraction of sp³-hybridized carbons (Fsp3) is 0.278. The Morgan fingerprint density at radius 1 is 1.14 bits per heavy atom. The minimum absolute atomic E-state index is 0.160. The summed E-state index contributed by atoms with van der Waals surface area (Å²) in [5.41, 5.74) is 2.91. The van der Waals surface area contributed by atoms with Crippen molar-refractivity contribution in [1.29, 1.82) is 0 Å². The Bertz CT molecular complexity index is 621. The van der Waals surface area contributed by atoms with Crippen LogP contribution in [0.3, 0.4) is 0 Å². The highest BCUT2D eigenvalue weighted by atomic mass is 35.5. The van der Waals surface area contributed by atoms with Crippen LogP contribution >= 0.6 is 11.6 Å². The third-order valence-corrected chi connectivity index (χ3v) is 4.09. The Kier molecular flexibility index (Phi) is 5.03. The normalized spacial score (nSPS) is 12.0. The van der Waals surface area contributed by atoms with Crippen LogP contribution in [0.25, 0.3) is 0 Å². The molecular formula is C18H20ClNO. The summed E-state index contributed by atoms with van der Waals surface area (Å²) in [6.07, 6.45) is 0.514. The number of ketones is 1. The average molecular weight is 302 g/mol. The molecule has 110 valence electrons. The highest BCUT2D eigenvalue weighted by Crippen LogP contribution is 2.29. The van der Waals surface area contributed by atoms with Gasteiger partial charge in [-0.05, 0) is 36.8 Å². The molecule has 0 bridgehead atoms. The first-order valence-corrected chi connectivity index (χ1v) is 7.53. The number of carbonyl (C=O) groups excluding carboxylic acids is 1. The molecule has 0 saturated carbocycles. The van der Waals surface area contributed by atoms with Gasteiger partial charge in [0.1, 0.15) is 0 Å². The first kappa shape index (κ1) is 15.6. The van der Waals surface area contributed by atoms with Crippen molar-refractivity contribution >= 4 is 23.1 Å². The second-order valence-corrected chi connectivity index (χ2v) is 5.57. The molecule has 0 amide bonds. The number of rotatable bonds is 5. The van der Waals surface area contributed by atoms with Gasteiger partial charge in [0.05, 0.1) is 6.04 Å². The molecule has 0 aliphatic heterocycles. The molecule has 0 saturated heterocycles. The highest BCUT2D eigenvalue weighted by Gasteiger charge is 2.17. The molecule has 2 rings (SSSR count). The lowest BCUT2D eigenvalue weighted by atomic mass is 10.0. The molecule has 0 heterocycles. The smallest absolute Gasteiger partial charge is 0.164 e. The second kappa shape index (κ2) is 6.77. The number of carbonyl (C=O) groups is 1. The fourth-order valence-corrected chi connectivity index (χ4v) is 2.51. The summed E-state index contributed by atoms with van der Waals surface area (Å²) in [7, 11) is 2.01. The maximum Gasteiger partial charge on any atom is 0.164 e.